The highest BCUT2D eigenvalue weighted by atomic mass is 16.3. The summed E-state index contributed by atoms with van der Waals surface area (Å²) >= 11 is 0. The van der Waals surface area contributed by atoms with Gasteiger partial charge in [-0.1, -0.05) is 13.0 Å². The summed E-state index contributed by atoms with van der Waals surface area (Å²) in [5, 5.41) is 36.4. The molecule has 2 bridgehead atoms. The number of nitrogens with zero attached hydrogens (tertiary/aromatic N) is 1. The number of carbonyl (C=O) groups excluding carboxylic acids is 1. The number of phenols is 1. The van der Waals surface area contributed by atoms with E-state index in [1.54, 1.807) is 19.1 Å². The zero-order valence-corrected chi connectivity index (χ0v) is 17.1. The van der Waals surface area contributed by atoms with Crippen molar-refractivity contribution in [2.24, 2.45) is 5.92 Å². The van der Waals surface area contributed by atoms with Gasteiger partial charge in [0.15, 0.2) is 0 Å². The van der Waals surface area contributed by atoms with Gasteiger partial charge < -0.3 is 20.6 Å². The molecule has 3 fully saturated rings. The van der Waals surface area contributed by atoms with Crippen LogP contribution >= 0.6 is 0 Å². The van der Waals surface area contributed by atoms with Gasteiger partial charge in [-0.3, -0.25) is 9.69 Å². The van der Waals surface area contributed by atoms with E-state index in [0.717, 1.165) is 37.4 Å². The number of aliphatic hydroxyl groups excluding tert-OH is 1. The quantitative estimate of drug-likeness (QED) is 0.614. The number of hydrogen-bond donors (Lipinski definition) is 4. The number of phenolic OH excluding ortho intramolecular Hbond substituents is 1. The van der Waals surface area contributed by atoms with E-state index in [1.807, 2.05) is 6.07 Å². The van der Waals surface area contributed by atoms with E-state index < -0.39 is 23.2 Å². The number of aromatic hydroxyl groups is 1. The molecule has 0 spiro atoms. The Hall–Kier alpha value is -1.63. The number of hydrogen-bond acceptors (Lipinski definition) is 5. The summed E-state index contributed by atoms with van der Waals surface area (Å²) < 4.78 is 0. The van der Waals surface area contributed by atoms with E-state index >= 15 is 0 Å². The van der Waals surface area contributed by atoms with Gasteiger partial charge in [0.25, 0.3) is 0 Å². The van der Waals surface area contributed by atoms with Crippen LogP contribution in [0.3, 0.4) is 0 Å². The SMILES string of the molecule is CCC(=O)N[C@H]1C[C@@]2(O)[C@H]3Cc4ccc(O)cc4[C@@]2(CCN3CC2CC2)C[C@H]1O. The molecule has 1 saturated heterocycles. The molecule has 4 aliphatic rings. The summed E-state index contributed by atoms with van der Waals surface area (Å²) in [6, 6.07) is 5.04. The van der Waals surface area contributed by atoms with Gasteiger partial charge in [0, 0.05) is 30.8 Å². The summed E-state index contributed by atoms with van der Waals surface area (Å²) in [5.41, 5.74) is 0.533. The van der Waals surface area contributed by atoms with Crippen molar-refractivity contribution in [3.05, 3.63) is 29.3 Å². The van der Waals surface area contributed by atoms with Crippen LogP contribution in [0.25, 0.3) is 0 Å². The molecule has 1 aromatic rings. The molecule has 0 aromatic heterocycles. The second-order valence-corrected chi connectivity index (χ2v) is 9.76. The highest BCUT2D eigenvalue weighted by molar-refractivity contribution is 5.76. The van der Waals surface area contributed by atoms with Crippen LogP contribution in [0.5, 0.6) is 5.75 Å². The average molecular weight is 401 g/mol. The number of carbonyl (C=O) groups is 1. The molecule has 6 nitrogen and oxygen atoms in total. The third-order valence-corrected chi connectivity index (χ3v) is 8.08. The second-order valence-electron chi connectivity index (χ2n) is 9.76. The summed E-state index contributed by atoms with van der Waals surface area (Å²) in [7, 11) is 0. The zero-order chi connectivity index (χ0) is 20.4. The number of aliphatic hydroxyl groups is 2. The molecule has 1 aromatic carbocycles. The smallest absolute Gasteiger partial charge is 0.220 e. The van der Waals surface area contributed by atoms with Gasteiger partial charge in [-0.15, -0.1) is 0 Å². The fraction of sp³-hybridized carbons (Fsp3) is 0.696. The third-order valence-electron chi connectivity index (χ3n) is 8.08. The van der Waals surface area contributed by atoms with Crippen molar-refractivity contribution in [2.45, 2.75) is 81.1 Å². The molecule has 3 aliphatic carbocycles. The third kappa shape index (κ3) is 2.91. The zero-order valence-electron chi connectivity index (χ0n) is 17.1. The highest BCUT2D eigenvalue weighted by Gasteiger charge is 2.66. The first kappa shape index (κ1) is 19.3. The van der Waals surface area contributed by atoms with Crippen molar-refractivity contribution in [2.75, 3.05) is 13.1 Å². The first-order valence-corrected chi connectivity index (χ1v) is 11.1. The fourth-order valence-corrected chi connectivity index (χ4v) is 6.39. The van der Waals surface area contributed by atoms with Gasteiger partial charge in [-0.25, -0.2) is 0 Å². The van der Waals surface area contributed by atoms with Crippen molar-refractivity contribution in [3.8, 4) is 5.75 Å². The van der Waals surface area contributed by atoms with Gasteiger partial charge in [0.2, 0.25) is 5.91 Å². The van der Waals surface area contributed by atoms with Gasteiger partial charge in [0.05, 0.1) is 17.7 Å². The normalized spacial score (nSPS) is 38.8. The maximum atomic E-state index is 12.3. The number of nitrogens with one attached hydrogen (secondary N) is 1. The molecule has 5 atom stereocenters. The maximum Gasteiger partial charge on any atom is 0.220 e. The van der Waals surface area contributed by atoms with Crippen LogP contribution in [0.15, 0.2) is 18.2 Å². The molecule has 6 heteroatoms. The molecule has 2 saturated carbocycles. The van der Waals surface area contributed by atoms with Crippen molar-refractivity contribution in [1.82, 2.24) is 10.2 Å². The average Bonchev–Trinajstić information content (AvgIpc) is 3.50. The maximum absolute atomic E-state index is 12.3. The Kier molecular flexibility index (Phi) is 4.46. The van der Waals surface area contributed by atoms with Gasteiger partial charge in [-0.2, -0.15) is 0 Å². The monoisotopic (exact) mass is 400 g/mol. The van der Waals surface area contributed by atoms with Crippen LogP contribution in [0, 0.1) is 5.92 Å². The molecular weight excluding hydrogens is 368 g/mol. The first-order chi connectivity index (χ1) is 13.9. The largest absolute Gasteiger partial charge is 0.508 e. The summed E-state index contributed by atoms with van der Waals surface area (Å²) in [4.78, 5) is 14.5. The molecule has 4 N–H and O–H groups in total. The number of amides is 1. The molecule has 158 valence electrons. The molecule has 1 heterocycles. The van der Waals surface area contributed by atoms with E-state index in [9.17, 15) is 20.1 Å². The molecule has 0 radical (unpaired) electrons. The number of fused-ring (bicyclic) bond motifs is 1. The number of likely N-dealkylation sites (tertiary alicyclic amines) is 1. The van der Waals surface area contributed by atoms with Crippen molar-refractivity contribution >= 4 is 5.91 Å². The first-order valence-electron chi connectivity index (χ1n) is 11.1. The summed E-state index contributed by atoms with van der Waals surface area (Å²) in [5.74, 6) is 0.842. The van der Waals surface area contributed by atoms with Crippen LogP contribution in [0.2, 0.25) is 0 Å². The molecule has 1 aliphatic heterocycles. The van der Waals surface area contributed by atoms with Crippen LogP contribution in [-0.4, -0.2) is 63.0 Å². The Labute approximate surface area is 171 Å². The standard InChI is InChI=1S/C23H32N2O4/c1-2-21(28)24-18-11-23(29)20-9-15-5-6-16(26)10-17(15)22(23,12-19(18)27)7-8-25(20)13-14-3-4-14/h5-6,10,14,18-20,26-27,29H,2-4,7-9,11-13H2,1H3,(H,24,28)/t18-,19+,20+,22+,23+/m0/s1. The van der Waals surface area contributed by atoms with Crippen molar-refractivity contribution < 1.29 is 20.1 Å². The Morgan fingerprint density at radius 3 is 2.83 bits per heavy atom. The van der Waals surface area contributed by atoms with Gasteiger partial charge in [0.1, 0.15) is 5.75 Å². The van der Waals surface area contributed by atoms with E-state index in [2.05, 4.69) is 10.2 Å². The highest BCUT2D eigenvalue weighted by Crippen LogP contribution is 2.58. The Morgan fingerprint density at radius 1 is 1.31 bits per heavy atom. The number of rotatable bonds is 4. The minimum atomic E-state index is -1.04. The van der Waals surface area contributed by atoms with Crippen LogP contribution in [0.4, 0.5) is 0 Å². The topological polar surface area (TPSA) is 93.0 Å². The molecule has 29 heavy (non-hydrogen) atoms. The summed E-state index contributed by atoms with van der Waals surface area (Å²) in [6.07, 6.45) is 4.44. The van der Waals surface area contributed by atoms with Crippen LogP contribution in [0.1, 0.15) is 56.6 Å². The summed E-state index contributed by atoms with van der Waals surface area (Å²) in [6.45, 7) is 3.72. The van der Waals surface area contributed by atoms with Gasteiger partial charge in [-0.05, 0) is 67.8 Å². The molecule has 0 unspecified atom stereocenters. The predicted molar refractivity (Wildman–Crippen MR) is 109 cm³/mol. The van der Waals surface area contributed by atoms with E-state index in [0.29, 0.717) is 19.3 Å². The molecule has 5 rings (SSSR count). The van der Waals surface area contributed by atoms with Crippen LogP contribution in [-0.2, 0) is 16.6 Å². The molecule has 1 amide bonds. The number of benzene rings is 1. The second kappa shape index (κ2) is 6.69. The lowest BCUT2D eigenvalue weighted by molar-refractivity contribution is -0.190. The Balaban J connectivity index is 1.58. The lowest BCUT2D eigenvalue weighted by Crippen LogP contribution is -2.76. The lowest BCUT2D eigenvalue weighted by atomic mass is 9.48. The molecular formula is C23H32N2O4. The van der Waals surface area contributed by atoms with E-state index in [4.69, 9.17) is 0 Å². The minimum Gasteiger partial charge on any atom is -0.508 e. The lowest BCUT2D eigenvalue weighted by Gasteiger charge is -2.65. The Bertz CT molecular complexity index is 825. The van der Waals surface area contributed by atoms with Crippen LogP contribution < -0.4 is 5.32 Å². The predicted octanol–water partition coefficient (Wildman–Crippen LogP) is 1.45. The Morgan fingerprint density at radius 2 is 2.10 bits per heavy atom. The van der Waals surface area contributed by atoms with Gasteiger partial charge >= 0.3 is 0 Å². The van der Waals surface area contributed by atoms with Crippen molar-refractivity contribution in [1.29, 1.82) is 0 Å². The fourth-order valence-electron chi connectivity index (χ4n) is 6.39. The van der Waals surface area contributed by atoms with E-state index in [-0.39, 0.29) is 17.7 Å². The number of piperidine rings is 1. The minimum absolute atomic E-state index is 0.0255. The van der Waals surface area contributed by atoms with E-state index in [1.165, 1.54) is 18.4 Å². The van der Waals surface area contributed by atoms with Crippen molar-refractivity contribution in [3.63, 3.8) is 0 Å².